The van der Waals surface area contributed by atoms with Crippen LogP contribution in [0.25, 0.3) is 0 Å². The fraction of sp³-hybridized carbons (Fsp3) is 0.517. The highest BCUT2D eigenvalue weighted by atomic mass is 32.2. The standard InChI is InChI=1S/C29H37F3N4O4S/c1-41(39,40)25-5-2-22(3-6-25)18-33-26-7-4-24(30)17-23(26)20-35-12-14-36(15-13-35)28(38)19-34-27(37)16-21-8-10-29(31,32)11-9-21/h2-7,17,21,33H,8-16,18-20H2,1H3,(H,34,37). The number of hydrogen-bond donors (Lipinski definition) is 2. The van der Waals surface area contributed by atoms with E-state index in [0.29, 0.717) is 52.1 Å². The lowest BCUT2D eigenvalue weighted by Gasteiger charge is -2.35. The van der Waals surface area contributed by atoms with Crippen molar-refractivity contribution in [1.29, 1.82) is 0 Å². The second-order valence-corrected chi connectivity index (χ2v) is 13.0. The number of carbonyl (C=O) groups is 2. The fourth-order valence-electron chi connectivity index (χ4n) is 5.24. The Morgan fingerprint density at radius 1 is 1.00 bits per heavy atom. The molecule has 0 radical (unpaired) electrons. The topological polar surface area (TPSA) is 98.8 Å². The summed E-state index contributed by atoms with van der Waals surface area (Å²) < 4.78 is 64.1. The molecular weight excluding hydrogens is 557 g/mol. The average Bonchev–Trinajstić information content (AvgIpc) is 2.92. The van der Waals surface area contributed by atoms with E-state index in [9.17, 15) is 31.2 Å². The van der Waals surface area contributed by atoms with Crippen LogP contribution in [0.4, 0.5) is 18.9 Å². The molecule has 1 saturated carbocycles. The molecule has 2 fully saturated rings. The van der Waals surface area contributed by atoms with E-state index in [2.05, 4.69) is 15.5 Å². The van der Waals surface area contributed by atoms with Gasteiger partial charge in [0.1, 0.15) is 5.82 Å². The van der Waals surface area contributed by atoms with Crippen molar-refractivity contribution in [2.24, 2.45) is 5.92 Å². The highest BCUT2D eigenvalue weighted by Crippen LogP contribution is 2.37. The summed E-state index contributed by atoms with van der Waals surface area (Å²) in [5.41, 5.74) is 2.42. The highest BCUT2D eigenvalue weighted by molar-refractivity contribution is 7.90. The number of rotatable bonds is 10. The molecule has 1 heterocycles. The maximum Gasteiger partial charge on any atom is 0.248 e. The first-order valence-corrected chi connectivity index (χ1v) is 15.7. The van der Waals surface area contributed by atoms with E-state index in [1.54, 1.807) is 35.2 Å². The van der Waals surface area contributed by atoms with Crippen LogP contribution in [-0.4, -0.2) is 74.9 Å². The van der Waals surface area contributed by atoms with Crippen LogP contribution >= 0.6 is 0 Å². The normalized spacial score (nSPS) is 18.2. The van der Waals surface area contributed by atoms with Gasteiger partial charge in [-0.3, -0.25) is 14.5 Å². The molecule has 1 saturated heterocycles. The lowest BCUT2D eigenvalue weighted by Crippen LogP contribution is -2.51. The van der Waals surface area contributed by atoms with Gasteiger partial charge in [-0.2, -0.15) is 0 Å². The minimum Gasteiger partial charge on any atom is -0.381 e. The van der Waals surface area contributed by atoms with Gasteiger partial charge < -0.3 is 15.5 Å². The predicted molar refractivity (Wildman–Crippen MR) is 150 cm³/mol. The van der Waals surface area contributed by atoms with Gasteiger partial charge in [0.25, 0.3) is 0 Å². The molecule has 2 amide bonds. The van der Waals surface area contributed by atoms with Gasteiger partial charge in [0.15, 0.2) is 9.84 Å². The van der Waals surface area contributed by atoms with E-state index in [0.717, 1.165) is 23.1 Å². The Bertz CT molecular complexity index is 1320. The molecule has 8 nitrogen and oxygen atoms in total. The van der Waals surface area contributed by atoms with Crippen molar-refractivity contribution < 1.29 is 31.2 Å². The molecule has 0 bridgehead atoms. The number of piperazine rings is 1. The summed E-state index contributed by atoms with van der Waals surface area (Å²) in [6.07, 6.45) is 1.57. The molecule has 0 aromatic heterocycles. The molecule has 1 aliphatic carbocycles. The van der Waals surface area contributed by atoms with Crippen LogP contribution in [0.1, 0.15) is 43.2 Å². The van der Waals surface area contributed by atoms with Crippen LogP contribution in [0.15, 0.2) is 47.4 Å². The number of carbonyl (C=O) groups excluding carboxylic acids is 2. The maximum atomic E-state index is 14.1. The Morgan fingerprint density at radius 3 is 2.29 bits per heavy atom. The third-order valence-electron chi connectivity index (χ3n) is 7.77. The third-order valence-corrected chi connectivity index (χ3v) is 8.90. The Hall–Kier alpha value is -3.12. The Kier molecular flexibility index (Phi) is 9.96. The molecule has 41 heavy (non-hydrogen) atoms. The van der Waals surface area contributed by atoms with Crippen LogP contribution in [0.2, 0.25) is 0 Å². The number of benzene rings is 2. The molecule has 2 aromatic carbocycles. The molecule has 4 rings (SSSR count). The van der Waals surface area contributed by atoms with Crippen LogP contribution < -0.4 is 10.6 Å². The number of nitrogens with zero attached hydrogens (tertiary/aromatic N) is 2. The van der Waals surface area contributed by atoms with E-state index < -0.39 is 15.8 Å². The predicted octanol–water partition coefficient (Wildman–Crippen LogP) is 3.82. The fourth-order valence-corrected chi connectivity index (χ4v) is 5.87. The summed E-state index contributed by atoms with van der Waals surface area (Å²) in [7, 11) is -3.27. The zero-order valence-corrected chi connectivity index (χ0v) is 24.0. The largest absolute Gasteiger partial charge is 0.381 e. The van der Waals surface area contributed by atoms with Gasteiger partial charge in [-0.15, -0.1) is 0 Å². The molecule has 0 atom stereocenters. The zero-order valence-electron chi connectivity index (χ0n) is 23.2. The smallest absolute Gasteiger partial charge is 0.248 e. The van der Waals surface area contributed by atoms with Gasteiger partial charge in [0.2, 0.25) is 17.7 Å². The van der Waals surface area contributed by atoms with E-state index >= 15 is 0 Å². The Balaban J connectivity index is 1.22. The van der Waals surface area contributed by atoms with E-state index in [4.69, 9.17) is 0 Å². The van der Waals surface area contributed by atoms with Crippen molar-refractivity contribution in [2.75, 3.05) is 44.3 Å². The first-order chi connectivity index (χ1) is 19.4. The summed E-state index contributed by atoms with van der Waals surface area (Å²) in [6.45, 7) is 2.90. The summed E-state index contributed by atoms with van der Waals surface area (Å²) in [5.74, 6) is -3.54. The average molecular weight is 595 g/mol. The molecular formula is C29H37F3N4O4S. The summed E-state index contributed by atoms with van der Waals surface area (Å²) in [4.78, 5) is 28.9. The lowest BCUT2D eigenvalue weighted by molar-refractivity contribution is -0.134. The Morgan fingerprint density at radius 2 is 1.66 bits per heavy atom. The minimum atomic E-state index is -3.27. The first kappa shape index (κ1) is 30.8. The highest BCUT2D eigenvalue weighted by Gasteiger charge is 2.35. The second kappa shape index (κ2) is 13.2. The number of alkyl halides is 2. The van der Waals surface area contributed by atoms with Crippen LogP contribution in [0, 0.1) is 11.7 Å². The number of amides is 2. The molecule has 0 unspecified atom stereocenters. The number of sulfone groups is 1. The maximum absolute atomic E-state index is 14.1. The van der Waals surface area contributed by atoms with Gasteiger partial charge in [0, 0.05) is 70.5 Å². The van der Waals surface area contributed by atoms with Gasteiger partial charge in [-0.1, -0.05) is 12.1 Å². The number of hydrogen-bond acceptors (Lipinski definition) is 6. The van der Waals surface area contributed by atoms with Crippen molar-refractivity contribution in [3.8, 4) is 0 Å². The molecule has 2 N–H and O–H groups in total. The molecule has 12 heteroatoms. The van der Waals surface area contributed by atoms with Crippen molar-refractivity contribution in [1.82, 2.24) is 15.1 Å². The Labute approximate surface area is 239 Å². The summed E-state index contributed by atoms with van der Waals surface area (Å²) in [5, 5.41) is 5.95. The van der Waals surface area contributed by atoms with Crippen LogP contribution in [0.5, 0.6) is 0 Å². The monoisotopic (exact) mass is 594 g/mol. The first-order valence-electron chi connectivity index (χ1n) is 13.8. The number of anilines is 1. The van der Waals surface area contributed by atoms with Crippen molar-refractivity contribution in [2.45, 2.75) is 56.0 Å². The van der Waals surface area contributed by atoms with Crippen molar-refractivity contribution >= 4 is 27.3 Å². The molecule has 0 spiro atoms. The van der Waals surface area contributed by atoms with Crippen molar-refractivity contribution in [3.63, 3.8) is 0 Å². The zero-order chi connectivity index (χ0) is 29.6. The van der Waals surface area contributed by atoms with Gasteiger partial charge in [-0.05, 0) is 60.2 Å². The van der Waals surface area contributed by atoms with E-state index in [-0.39, 0.29) is 54.3 Å². The van der Waals surface area contributed by atoms with E-state index in [1.807, 2.05) is 0 Å². The molecule has 224 valence electrons. The summed E-state index contributed by atoms with van der Waals surface area (Å²) >= 11 is 0. The minimum absolute atomic E-state index is 0.0732. The lowest BCUT2D eigenvalue weighted by atomic mass is 9.84. The number of nitrogens with one attached hydrogen (secondary N) is 2. The molecule has 2 aromatic rings. The number of halogens is 3. The van der Waals surface area contributed by atoms with Gasteiger partial charge >= 0.3 is 0 Å². The second-order valence-electron chi connectivity index (χ2n) is 11.0. The van der Waals surface area contributed by atoms with Gasteiger partial charge in [0.05, 0.1) is 11.4 Å². The quantitative estimate of drug-likeness (QED) is 0.434. The van der Waals surface area contributed by atoms with E-state index in [1.165, 1.54) is 12.1 Å². The SMILES string of the molecule is CS(=O)(=O)c1ccc(CNc2ccc(F)cc2CN2CCN(C(=O)CNC(=O)CC3CCC(F)(F)CC3)CC2)cc1. The van der Waals surface area contributed by atoms with Crippen molar-refractivity contribution in [3.05, 3.63) is 59.4 Å². The van der Waals surface area contributed by atoms with Gasteiger partial charge in [-0.25, -0.2) is 21.6 Å². The van der Waals surface area contributed by atoms with Crippen LogP contribution in [0.3, 0.4) is 0 Å². The van der Waals surface area contributed by atoms with Crippen LogP contribution in [-0.2, 0) is 32.5 Å². The molecule has 1 aliphatic heterocycles. The molecule has 2 aliphatic rings. The summed E-state index contributed by atoms with van der Waals surface area (Å²) in [6, 6.07) is 11.1. The third kappa shape index (κ3) is 9.19.